The summed E-state index contributed by atoms with van der Waals surface area (Å²) >= 11 is 1.62. The van der Waals surface area contributed by atoms with E-state index in [0.717, 1.165) is 22.0 Å². The van der Waals surface area contributed by atoms with E-state index in [9.17, 15) is 0 Å². The third kappa shape index (κ3) is 1.29. The molecule has 0 amide bonds. The monoisotopic (exact) mass is 209 g/mol. The van der Waals surface area contributed by atoms with Crippen LogP contribution in [0.25, 0.3) is 0 Å². The van der Waals surface area contributed by atoms with Gasteiger partial charge in [-0.05, 0) is 24.7 Å². The summed E-state index contributed by atoms with van der Waals surface area (Å²) < 4.78 is 0. The van der Waals surface area contributed by atoms with E-state index in [2.05, 4.69) is 9.88 Å². The molecule has 2 heterocycles. The minimum Gasteiger partial charge on any atom is -0.389 e. The summed E-state index contributed by atoms with van der Waals surface area (Å²) in [5, 5.41) is 1.95. The first-order valence-electron chi connectivity index (χ1n) is 5.29. The maximum Gasteiger partial charge on any atom is 0.187 e. The van der Waals surface area contributed by atoms with Gasteiger partial charge in [0.2, 0.25) is 0 Å². The molecule has 14 heavy (non-hydrogen) atoms. The Morgan fingerprint density at radius 2 is 2.07 bits per heavy atom. The van der Waals surface area contributed by atoms with E-state index in [1.54, 1.807) is 17.5 Å². The number of anilines is 2. The van der Waals surface area contributed by atoms with Crippen molar-refractivity contribution in [2.45, 2.75) is 19.3 Å². The summed E-state index contributed by atoms with van der Waals surface area (Å²) in [6.07, 6.45) is 6.04. The number of hydrogen-bond acceptors (Lipinski definition) is 4. The second kappa shape index (κ2) is 3.12. The minimum absolute atomic E-state index is 0.831. The maximum atomic E-state index is 5.69. The lowest BCUT2D eigenvalue weighted by molar-refractivity contribution is 0.494. The highest BCUT2D eigenvalue weighted by Crippen LogP contribution is 2.40. The molecule has 0 aromatic carbocycles. The average Bonchev–Trinajstić information content (AvgIpc) is 2.75. The SMILES string of the molecule is Nc1cnc(N2CC3CCCC3C2)s1. The minimum atomic E-state index is 0.831. The third-order valence-corrected chi connectivity index (χ3v) is 4.40. The van der Waals surface area contributed by atoms with Crippen molar-refractivity contribution in [3.63, 3.8) is 0 Å². The van der Waals surface area contributed by atoms with Crippen LogP contribution >= 0.6 is 11.3 Å². The van der Waals surface area contributed by atoms with Crippen molar-refractivity contribution >= 4 is 21.5 Å². The molecule has 1 aliphatic heterocycles. The molecule has 1 aromatic heterocycles. The highest BCUT2D eigenvalue weighted by molar-refractivity contribution is 7.19. The number of thiazole rings is 1. The van der Waals surface area contributed by atoms with E-state index in [4.69, 9.17) is 5.73 Å². The highest BCUT2D eigenvalue weighted by atomic mass is 32.1. The molecule has 0 bridgehead atoms. The third-order valence-electron chi connectivity index (χ3n) is 3.51. The molecule has 0 spiro atoms. The van der Waals surface area contributed by atoms with Gasteiger partial charge in [0.05, 0.1) is 6.20 Å². The molecule has 2 atom stereocenters. The molecule has 4 heteroatoms. The number of nitrogens with zero attached hydrogens (tertiary/aromatic N) is 2. The Bertz CT molecular complexity index is 324. The van der Waals surface area contributed by atoms with Gasteiger partial charge in [0.15, 0.2) is 5.13 Å². The Hall–Kier alpha value is -0.770. The molecule has 76 valence electrons. The van der Waals surface area contributed by atoms with Gasteiger partial charge in [-0.3, -0.25) is 0 Å². The quantitative estimate of drug-likeness (QED) is 0.769. The van der Waals surface area contributed by atoms with Crippen LogP contribution in [0, 0.1) is 11.8 Å². The van der Waals surface area contributed by atoms with Gasteiger partial charge in [-0.1, -0.05) is 17.8 Å². The Morgan fingerprint density at radius 1 is 1.36 bits per heavy atom. The zero-order valence-corrected chi connectivity index (χ0v) is 8.96. The van der Waals surface area contributed by atoms with Gasteiger partial charge in [0.25, 0.3) is 0 Å². The van der Waals surface area contributed by atoms with Gasteiger partial charge in [-0.15, -0.1) is 0 Å². The maximum absolute atomic E-state index is 5.69. The van der Waals surface area contributed by atoms with Crippen LogP contribution in [0.15, 0.2) is 6.20 Å². The largest absolute Gasteiger partial charge is 0.389 e. The van der Waals surface area contributed by atoms with Crippen LogP contribution in [-0.2, 0) is 0 Å². The van der Waals surface area contributed by atoms with Gasteiger partial charge < -0.3 is 10.6 Å². The zero-order valence-electron chi connectivity index (χ0n) is 8.15. The summed E-state index contributed by atoms with van der Waals surface area (Å²) in [5.41, 5.74) is 5.69. The van der Waals surface area contributed by atoms with Crippen LogP contribution in [-0.4, -0.2) is 18.1 Å². The standard InChI is InChI=1S/C10H15N3S/c11-9-4-12-10(14-9)13-5-7-2-1-3-8(7)6-13/h4,7-8H,1-3,5-6,11H2. The fourth-order valence-electron chi connectivity index (χ4n) is 2.81. The van der Waals surface area contributed by atoms with E-state index in [1.807, 2.05) is 0 Å². The van der Waals surface area contributed by atoms with Crippen molar-refractivity contribution in [3.05, 3.63) is 6.20 Å². The fourth-order valence-corrected chi connectivity index (χ4v) is 3.51. The molecule has 3 nitrogen and oxygen atoms in total. The van der Waals surface area contributed by atoms with Crippen molar-refractivity contribution in [1.82, 2.24) is 4.98 Å². The Labute approximate surface area is 87.9 Å². The molecule has 2 unspecified atom stereocenters. The van der Waals surface area contributed by atoms with E-state index in [0.29, 0.717) is 0 Å². The van der Waals surface area contributed by atoms with Gasteiger partial charge in [0.1, 0.15) is 5.00 Å². The highest BCUT2D eigenvalue weighted by Gasteiger charge is 2.36. The van der Waals surface area contributed by atoms with E-state index >= 15 is 0 Å². The lowest BCUT2D eigenvalue weighted by Crippen LogP contribution is -2.20. The first-order valence-corrected chi connectivity index (χ1v) is 6.11. The first kappa shape index (κ1) is 8.53. The van der Waals surface area contributed by atoms with Crippen molar-refractivity contribution in [2.75, 3.05) is 23.7 Å². The summed E-state index contributed by atoms with van der Waals surface area (Å²) in [4.78, 5) is 6.76. The molecule has 2 N–H and O–H groups in total. The van der Waals surface area contributed by atoms with Crippen LogP contribution < -0.4 is 10.6 Å². The van der Waals surface area contributed by atoms with Crippen molar-refractivity contribution in [3.8, 4) is 0 Å². The fraction of sp³-hybridized carbons (Fsp3) is 0.700. The van der Waals surface area contributed by atoms with Gasteiger partial charge in [-0.25, -0.2) is 4.98 Å². The Balaban J connectivity index is 1.76. The molecular weight excluding hydrogens is 194 g/mol. The van der Waals surface area contributed by atoms with Crippen molar-refractivity contribution in [2.24, 2.45) is 11.8 Å². The zero-order chi connectivity index (χ0) is 9.54. The second-order valence-electron chi connectivity index (χ2n) is 4.40. The van der Waals surface area contributed by atoms with Crippen LogP contribution in [0.1, 0.15) is 19.3 Å². The van der Waals surface area contributed by atoms with Crippen molar-refractivity contribution in [1.29, 1.82) is 0 Å². The lowest BCUT2D eigenvalue weighted by Gasteiger charge is -2.14. The summed E-state index contributed by atoms with van der Waals surface area (Å²) in [7, 11) is 0. The molecule has 1 saturated heterocycles. The predicted molar refractivity (Wildman–Crippen MR) is 59.6 cm³/mol. The van der Waals surface area contributed by atoms with Crippen LogP contribution in [0.4, 0.5) is 10.1 Å². The average molecular weight is 209 g/mol. The smallest absolute Gasteiger partial charge is 0.187 e. The summed E-state index contributed by atoms with van der Waals surface area (Å²) in [6, 6.07) is 0. The number of nitrogen functional groups attached to an aromatic ring is 1. The van der Waals surface area contributed by atoms with Gasteiger partial charge in [-0.2, -0.15) is 0 Å². The normalized spacial score (nSPS) is 31.0. The molecule has 0 radical (unpaired) electrons. The van der Waals surface area contributed by atoms with Crippen LogP contribution in [0.3, 0.4) is 0 Å². The first-order chi connectivity index (χ1) is 6.83. The number of fused-ring (bicyclic) bond motifs is 1. The topological polar surface area (TPSA) is 42.1 Å². The number of hydrogen-bond donors (Lipinski definition) is 1. The lowest BCUT2D eigenvalue weighted by atomic mass is 10.0. The van der Waals surface area contributed by atoms with E-state index in [-0.39, 0.29) is 0 Å². The van der Waals surface area contributed by atoms with Gasteiger partial charge in [0, 0.05) is 13.1 Å². The van der Waals surface area contributed by atoms with E-state index in [1.165, 1.54) is 32.4 Å². The molecule has 1 saturated carbocycles. The predicted octanol–water partition coefficient (Wildman–Crippen LogP) is 1.96. The van der Waals surface area contributed by atoms with Crippen molar-refractivity contribution < 1.29 is 0 Å². The molecule has 1 aliphatic carbocycles. The summed E-state index contributed by atoms with van der Waals surface area (Å²) in [6.45, 7) is 2.41. The number of nitrogens with two attached hydrogens (primary N) is 1. The van der Waals surface area contributed by atoms with E-state index < -0.39 is 0 Å². The molecular formula is C10H15N3S. The molecule has 1 aromatic rings. The number of aromatic nitrogens is 1. The van der Waals surface area contributed by atoms with Gasteiger partial charge >= 0.3 is 0 Å². The second-order valence-corrected chi connectivity index (χ2v) is 5.44. The molecule has 2 aliphatic rings. The molecule has 3 rings (SSSR count). The Morgan fingerprint density at radius 3 is 2.64 bits per heavy atom. The number of rotatable bonds is 1. The van der Waals surface area contributed by atoms with Crippen LogP contribution in [0.2, 0.25) is 0 Å². The summed E-state index contributed by atoms with van der Waals surface area (Å²) in [5.74, 6) is 1.86. The van der Waals surface area contributed by atoms with Crippen LogP contribution in [0.5, 0.6) is 0 Å². The Kier molecular flexibility index (Phi) is 1.90. The molecule has 2 fully saturated rings.